The van der Waals surface area contributed by atoms with Gasteiger partial charge in [-0.3, -0.25) is 0 Å². The van der Waals surface area contributed by atoms with Crippen molar-refractivity contribution in [3.63, 3.8) is 0 Å². The van der Waals surface area contributed by atoms with Gasteiger partial charge in [-0.15, -0.1) is 0 Å². The van der Waals surface area contributed by atoms with E-state index in [1.807, 2.05) is 0 Å². The quantitative estimate of drug-likeness (QED) is 0.228. The molecule has 0 spiro atoms. The van der Waals surface area contributed by atoms with Crippen molar-refractivity contribution < 1.29 is 23.7 Å². The van der Waals surface area contributed by atoms with E-state index in [1.165, 1.54) is 0 Å². The lowest BCUT2D eigenvalue weighted by Crippen LogP contribution is -1.95. The summed E-state index contributed by atoms with van der Waals surface area (Å²) in [5, 5.41) is 0. The van der Waals surface area contributed by atoms with Crippen LogP contribution < -0.4 is 0 Å². The third kappa shape index (κ3) is 12.0. The number of unbranched alkanes of at least 4 members (excludes halogenated alkanes) is 4. The Hall–Kier alpha value is -0.0600. The zero-order chi connectivity index (χ0) is 12.1. The number of hydrogen-bond acceptors (Lipinski definition) is 5. The van der Waals surface area contributed by atoms with Gasteiger partial charge >= 0.3 is 8.25 Å². The van der Waals surface area contributed by atoms with Crippen LogP contribution in [-0.2, 0) is 23.7 Å². The van der Waals surface area contributed by atoms with Gasteiger partial charge in [0.2, 0.25) is 0 Å². The highest BCUT2D eigenvalue weighted by Crippen LogP contribution is 2.24. The molecular formula is C10H22O5P+. The number of hydrogen-bond donors (Lipinski definition) is 0. The zero-order valence-corrected chi connectivity index (χ0v) is 11.0. The fraction of sp³-hybridized carbons (Fsp3) is 1.00. The van der Waals surface area contributed by atoms with Crippen molar-refractivity contribution in [3.05, 3.63) is 0 Å². The fourth-order valence-corrected chi connectivity index (χ4v) is 1.34. The van der Waals surface area contributed by atoms with E-state index >= 15 is 0 Å². The highest BCUT2D eigenvalue weighted by atomic mass is 31.1. The molecule has 16 heavy (non-hydrogen) atoms. The van der Waals surface area contributed by atoms with Crippen LogP contribution in [0, 0.1) is 0 Å². The van der Waals surface area contributed by atoms with Gasteiger partial charge in [-0.1, -0.05) is 39.5 Å². The smallest absolute Gasteiger partial charge is 0.187 e. The normalized spacial score (nSPS) is 10.6. The first-order chi connectivity index (χ1) is 7.81. The van der Waals surface area contributed by atoms with Gasteiger partial charge in [-0.25, -0.2) is 0 Å². The summed E-state index contributed by atoms with van der Waals surface area (Å²) in [6.07, 6.45) is 6.11. The van der Waals surface area contributed by atoms with Gasteiger partial charge in [0.25, 0.3) is 0 Å². The molecule has 0 rings (SSSR count). The van der Waals surface area contributed by atoms with Gasteiger partial charge in [0.1, 0.15) is 0 Å². The van der Waals surface area contributed by atoms with E-state index in [-0.39, 0.29) is 0 Å². The van der Waals surface area contributed by atoms with E-state index in [4.69, 9.17) is 0 Å². The predicted molar refractivity (Wildman–Crippen MR) is 60.7 cm³/mol. The van der Waals surface area contributed by atoms with Gasteiger partial charge < -0.3 is 0 Å². The van der Waals surface area contributed by atoms with Crippen LogP contribution in [0.5, 0.6) is 0 Å². The Morgan fingerprint density at radius 1 is 0.812 bits per heavy atom. The van der Waals surface area contributed by atoms with Gasteiger partial charge in [0.05, 0.1) is 22.6 Å². The Bertz CT molecular complexity index is 149. The van der Waals surface area contributed by atoms with Crippen molar-refractivity contribution in [2.24, 2.45) is 0 Å². The molecule has 96 valence electrons. The van der Waals surface area contributed by atoms with Crippen molar-refractivity contribution in [3.8, 4) is 0 Å². The van der Waals surface area contributed by atoms with Gasteiger partial charge in [-0.05, 0) is 12.8 Å². The van der Waals surface area contributed by atoms with Crippen molar-refractivity contribution in [2.45, 2.75) is 52.4 Å². The molecule has 0 saturated carbocycles. The van der Waals surface area contributed by atoms with E-state index in [1.54, 1.807) is 0 Å². The standard InChI is InChI=1S/C10H22O5P/c1-3-5-7-9-12-14-16(11)15-13-10-8-6-4-2/h3-10H2,1-2H3/q+1. The predicted octanol–water partition coefficient (Wildman–Crippen LogP) is 3.92. The topological polar surface area (TPSA) is 54.0 Å². The van der Waals surface area contributed by atoms with E-state index < -0.39 is 8.25 Å². The second kappa shape index (κ2) is 13.0. The maximum absolute atomic E-state index is 11.0. The van der Waals surface area contributed by atoms with Crippen molar-refractivity contribution in [1.29, 1.82) is 0 Å². The van der Waals surface area contributed by atoms with Crippen LogP contribution in [0.3, 0.4) is 0 Å². The van der Waals surface area contributed by atoms with Crippen molar-refractivity contribution >= 4 is 8.25 Å². The summed E-state index contributed by atoms with van der Waals surface area (Å²) in [4.78, 5) is 9.37. The minimum Gasteiger partial charge on any atom is -0.187 e. The SMILES string of the molecule is CCCCCOO[P+](=O)OOCCCCC. The molecule has 0 heterocycles. The van der Waals surface area contributed by atoms with Gasteiger partial charge in [-0.2, -0.15) is 9.78 Å². The summed E-state index contributed by atoms with van der Waals surface area (Å²) in [5.74, 6) is 0. The van der Waals surface area contributed by atoms with E-state index in [9.17, 15) is 4.57 Å². The third-order valence-corrected chi connectivity index (χ3v) is 2.34. The van der Waals surface area contributed by atoms with Crippen molar-refractivity contribution in [1.82, 2.24) is 0 Å². The Kier molecular flexibility index (Phi) is 13.0. The molecule has 6 heteroatoms. The zero-order valence-electron chi connectivity index (χ0n) is 10.1. The Morgan fingerprint density at radius 3 is 1.62 bits per heavy atom. The molecular weight excluding hydrogens is 231 g/mol. The first-order valence-electron chi connectivity index (χ1n) is 5.87. The molecule has 0 aliphatic heterocycles. The molecule has 0 aromatic heterocycles. The summed E-state index contributed by atoms with van der Waals surface area (Å²) >= 11 is 0. The summed E-state index contributed by atoms with van der Waals surface area (Å²) in [6.45, 7) is 5.03. The molecule has 0 radical (unpaired) electrons. The summed E-state index contributed by atoms with van der Waals surface area (Å²) in [6, 6.07) is 0. The van der Waals surface area contributed by atoms with Crippen LogP contribution in [0.4, 0.5) is 0 Å². The summed E-state index contributed by atoms with van der Waals surface area (Å²) in [7, 11) is -2.32. The molecule has 0 amide bonds. The average Bonchev–Trinajstić information content (AvgIpc) is 2.28. The maximum Gasteiger partial charge on any atom is 0.759 e. The Labute approximate surface area is 98.2 Å². The van der Waals surface area contributed by atoms with Gasteiger partial charge in [0, 0.05) is 4.57 Å². The molecule has 0 atom stereocenters. The largest absolute Gasteiger partial charge is 0.759 e. The van der Waals surface area contributed by atoms with E-state index in [0.717, 1.165) is 38.5 Å². The molecule has 5 nitrogen and oxygen atoms in total. The first-order valence-corrected chi connectivity index (χ1v) is 6.97. The molecule has 0 aliphatic rings. The highest BCUT2D eigenvalue weighted by molar-refractivity contribution is 7.32. The molecule has 0 N–H and O–H groups in total. The van der Waals surface area contributed by atoms with E-state index in [2.05, 4.69) is 33.0 Å². The lowest BCUT2D eigenvalue weighted by atomic mass is 10.3. The van der Waals surface area contributed by atoms with Crippen LogP contribution in [0.25, 0.3) is 0 Å². The lowest BCUT2D eigenvalue weighted by Gasteiger charge is -1.95. The Morgan fingerprint density at radius 2 is 1.25 bits per heavy atom. The van der Waals surface area contributed by atoms with Gasteiger partial charge in [0.15, 0.2) is 0 Å². The molecule has 0 saturated heterocycles. The lowest BCUT2D eigenvalue weighted by molar-refractivity contribution is -0.259. The molecule has 0 aromatic carbocycles. The first kappa shape index (κ1) is 15.9. The summed E-state index contributed by atoms with van der Waals surface area (Å²) < 4.78 is 19.9. The maximum atomic E-state index is 11.0. The second-order valence-corrected chi connectivity index (χ2v) is 4.18. The molecule has 0 aliphatic carbocycles. The minimum atomic E-state index is -2.32. The molecule has 0 unspecified atom stereocenters. The van der Waals surface area contributed by atoms with E-state index in [0.29, 0.717) is 13.2 Å². The molecule has 0 fully saturated rings. The minimum absolute atomic E-state index is 0.425. The monoisotopic (exact) mass is 253 g/mol. The third-order valence-electron chi connectivity index (χ3n) is 1.89. The molecule has 0 bridgehead atoms. The second-order valence-electron chi connectivity index (χ2n) is 3.43. The Balaban J connectivity index is 3.12. The highest BCUT2D eigenvalue weighted by Gasteiger charge is 2.23. The van der Waals surface area contributed by atoms with Crippen LogP contribution in [0.2, 0.25) is 0 Å². The van der Waals surface area contributed by atoms with Crippen LogP contribution in [0.1, 0.15) is 52.4 Å². The number of rotatable bonds is 12. The van der Waals surface area contributed by atoms with Crippen LogP contribution >= 0.6 is 8.25 Å². The molecule has 0 aromatic rings. The fourth-order valence-electron chi connectivity index (χ4n) is 0.995. The van der Waals surface area contributed by atoms with Crippen LogP contribution in [0.15, 0.2) is 0 Å². The average molecular weight is 253 g/mol. The summed E-state index contributed by atoms with van der Waals surface area (Å²) in [5.41, 5.74) is 0. The van der Waals surface area contributed by atoms with Crippen molar-refractivity contribution in [2.75, 3.05) is 13.2 Å². The van der Waals surface area contributed by atoms with Crippen LogP contribution in [-0.4, -0.2) is 13.2 Å².